The van der Waals surface area contributed by atoms with E-state index in [1.807, 2.05) is 72.8 Å². The van der Waals surface area contributed by atoms with E-state index in [4.69, 9.17) is 4.74 Å². The molecule has 0 aliphatic carbocycles. The average Bonchev–Trinajstić information content (AvgIpc) is 3.28. The zero-order chi connectivity index (χ0) is 19.9. The van der Waals surface area contributed by atoms with Crippen LogP contribution in [0.5, 0.6) is 5.88 Å². The Hall–Kier alpha value is -3.93. The maximum Gasteiger partial charge on any atom is 0.255 e. The first-order valence-corrected chi connectivity index (χ1v) is 9.29. The van der Waals surface area contributed by atoms with Gasteiger partial charge >= 0.3 is 0 Å². The van der Waals surface area contributed by atoms with Crippen molar-refractivity contribution in [2.24, 2.45) is 0 Å². The van der Waals surface area contributed by atoms with E-state index in [0.29, 0.717) is 30.3 Å². The first-order chi connectivity index (χ1) is 14.3. The Labute approximate surface area is 168 Å². The molecule has 0 saturated heterocycles. The van der Waals surface area contributed by atoms with Gasteiger partial charge in [-0.15, -0.1) is 0 Å². The third-order valence-corrected chi connectivity index (χ3v) is 4.45. The van der Waals surface area contributed by atoms with Crippen LogP contribution >= 0.6 is 0 Å². The quantitative estimate of drug-likeness (QED) is 0.505. The summed E-state index contributed by atoms with van der Waals surface area (Å²) in [5.41, 5.74) is 3.95. The second-order valence-corrected chi connectivity index (χ2v) is 6.45. The molecule has 0 atom stereocenters. The second kappa shape index (κ2) is 8.84. The fourth-order valence-corrected chi connectivity index (χ4v) is 2.97. The van der Waals surface area contributed by atoms with E-state index in [1.165, 1.54) is 6.20 Å². The summed E-state index contributed by atoms with van der Waals surface area (Å²) in [5, 5.41) is 9.87. The van der Waals surface area contributed by atoms with Gasteiger partial charge in [-0.1, -0.05) is 66.7 Å². The molecule has 144 valence electrons. The van der Waals surface area contributed by atoms with Crippen LogP contribution in [0.25, 0.3) is 11.3 Å². The molecule has 2 N–H and O–H groups in total. The standard InChI is InChI=1S/C23H20N4O2/c28-22(20-15-26-27-21(20)18-10-5-2-6-11-18)25-14-19-12-7-13-24-23(19)29-16-17-8-3-1-4-9-17/h1-13,15H,14,16H2,(H,25,28)(H,26,27). The van der Waals surface area contributed by atoms with Gasteiger partial charge in [0, 0.05) is 23.9 Å². The van der Waals surface area contributed by atoms with Crippen LogP contribution in [-0.4, -0.2) is 21.1 Å². The lowest BCUT2D eigenvalue weighted by Gasteiger charge is -2.11. The molecule has 6 heteroatoms. The van der Waals surface area contributed by atoms with Crippen LogP contribution < -0.4 is 10.1 Å². The Balaban J connectivity index is 1.44. The summed E-state index contributed by atoms with van der Waals surface area (Å²) in [5.74, 6) is 0.294. The Morgan fingerprint density at radius 2 is 1.72 bits per heavy atom. The maximum atomic E-state index is 12.7. The predicted octanol–water partition coefficient (Wildman–Crippen LogP) is 3.98. The largest absolute Gasteiger partial charge is 0.473 e. The maximum absolute atomic E-state index is 12.7. The second-order valence-electron chi connectivity index (χ2n) is 6.45. The third-order valence-electron chi connectivity index (χ3n) is 4.45. The molecule has 0 saturated carbocycles. The Morgan fingerprint density at radius 1 is 0.966 bits per heavy atom. The highest BCUT2D eigenvalue weighted by Gasteiger charge is 2.16. The number of hydrogen-bond donors (Lipinski definition) is 2. The number of H-pyrrole nitrogens is 1. The van der Waals surface area contributed by atoms with Crippen molar-refractivity contribution >= 4 is 5.91 Å². The summed E-state index contributed by atoms with van der Waals surface area (Å²) in [4.78, 5) is 17.0. The molecule has 0 fully saturated rings. The lowest BCUT2D eigenvalue weighted by molar-refractivity contribution is 0.0951. The summed E-state index contributed by atoms with van der Waals surface area (Å²) in [7, 11) is 0. The zero-order valence-corrected chi connectivity index (χ0v) is 15.7. The van der Waals surface area contributed by atoms with Crippen LogP contribution in [0.1, 0.15) is 21.5 Å². The number of benzene rings is 2. The van der Waals surface area contributed by atoms with Crippen molar-refractivity contribution in [1.29, 1.82) is 0 Å². The van der Waals surface area contributed by atoms with Crippen molar-refractivity contribution in [3.05, 3.63) is 102 Å². The highest BCUT2D eigenvalue weighted by atomic mass is 16.5. The summed E-state index contributed by atoms with van der Waals surface area (Å²) >= 11 is 0. The molecule has 0 spiro atoms. The van der Waals surface area contributed by atoms with Gasteiger partial charge in [0.05, 0.1) is 17.5 Å². The summed E-state index contributed by atoms with van der Waals surface area (Å²) in [6.45, 7) is 0.717. The minimum absolute atomic E-state index is 0.213. The molecule has 0 bridgehead atoms. The summed E-state index contributed by atoms with van der Waals surface area (Å²) in [6.07, 6.45) is 3.21. The number of pyridine rings is 1. The molecule has 29 heavy (non-hydrogen) atoms. The first kappa shape index (κ1) is 18.4. The number of aromatic nitrogens is 3. The van der Waals surface area contributed by atoms with Crippen molar-refractivity contribution in [3.8, 4) is 17.1 Å². The summed E-state index contributed by atoms with van der Waals surface area (Å²) in [6, 6.07) is 23.2. The van der Waals surface area contributed by atoms with Crippen molar-refractivity contribution in [2.75, 3.05) is 0 Å². The molecule has 0 unspecified atom stereocenters. The number of nitrogens with one attached hydrogen (secondary N) is 2. The Kier molecular flexibility index (Phi) is 5.62. The number of carbonyl (C=O) groups excluding carboxylic acids is 1. The van der Waals surface area contributed by atoms with E-state index in [1.54, 1.807) is 6.20 Å². The molecule has 2 aromatic carbocycles. The number of nitrogens with zero attached hydrogens (tertiary/aromatic N) is 2. The van der Waals surface area contributed by atoms with E-state index in [2.05, 4.69) is 20.5 Å². The van der Waals surface area contributed by atoms with Gasteiger partial charge in [0.15, 0.2) is 0 Å². The van der Waals surface area contributed by atoms with E-state index >= 15 is 0 Å². The van der Waals surface area contributed by atoms with Gasteiger partial charge < -0.3 is 10.1 Å². The van der Waals surface area contributed by atoms with Crippen LogP contribution in [0.2, 0.25) is 0 Å². The molecule has 2 heterocycles. The number of aromatic amines is 1. The Morgan fingerprint density at radius 3 is 2.52 bits per heavy atom. The van der Waals surface area contributed by atoms with E-state index in [9.17, 15) is 4.79 Å². The molecule has 6 nitrogen and oxygen atoms in total. The Bertz CT molecular complexity index is 1080. The van der Waals surface area contributed by atoms with Crippen molar-refractivity contribution in [3.63, 3.8) is 0 Å². The van der Waals surface area contributed by atoms with Gasteiger partial charge in [-0.25, -0.2) is 4.98 Å². The van der Waals surface area contributed by atoms with Crippen molar-refractivity contribution in [2.45, 2.75) is 13.2 Å². The highest BCUT2D eigenvalue weighted by Crippen LogP contribution is 2.21. The number of amides is 1. The average molecular weight is 384 g/mol. The van der Waals surface area contributed by atoms with Crippen LogP contribution in [-0.2, 0) is 13.2 Å². The van der Waals surface area contributed by atoms with Gasteiger partial charge in [-0.2, -0.15) is 5.10 Å². The fourth-order valence-electron chi connectivity index (χ4n) is 2.97. The molecule has 4 aromatic rings. The number of rotatable bonds is 7. The lowest BCUT2D eigenvalue weighted by Crippen LogP contribution is -2.23. The summed E-state index contributed by atoms with van der Waals surface area (Å²) < 4.78 is 5.86. The molecular weight excluding hydrogens is 364 g/mol. The monoisotopic (exact) mass is 384 g/mol. The molecule has 4 rings (SSSR count). The molecule has 0 aliphatic heterocycles. The zero-order valence-electron chi connectivity index (χ0n) is 15.7. The van der Waals surface area contributed by atoms with E-state index in [0.717, 1.165) is 16.7 Å². The fraction of sp³-hybridized carbons (Fsp3) is 0.0870. The van der Waals surface area contributed by atoms with Gasteiger partial charge in [0.1, 0.15) is 6.61 Å². The van der Waals surface area contributed by atoms with Gasteiger partial charge in [-0.3, -0.25) is 9.89 Å². The highest BCUT2D eigenvalue weighted by molar-refractivity contribution is 5.99. The first-order valence-electron chi connectivity index (χ1n) is 9.29. The molecule has 0 radical (unpaired) electrons. The topological polar surface area (TPSA) is 79.9 Å². The SMILES string of the molecule is O=C(NCc1cccnc1OCc1ccccc1)c1cn[nH]c1-c1ccccc1. The van der Waals surface area contributed by atoms with Crippen LogP contribution in [0.4, 0.5) is 0 Å². The van der Waals surface area contributed by atoms with Crippen molar-refractivity contribution < 1.29 is 9.53 Å². The molecule has 2 aromatic heterocycles. The van der Waals surface area contributed by atoms with Gasteiger partial charge in [0.2, 0.25) is 5.88 Å². The van der Waals surface area contributed by atoms with E-state index in [-0.39, 0.29) is 5.91 Å². The van der Waals surface area contributed by atoms with E-state index < -0.39 is 0 Å². The third kappa shape index (κ3) is 4.50. The number of hydrogen-bond acceptors (Lipinski definition) is 4. The minimum atomic E-state index is -0.213. The van der Waals surface area contributed by atoms with Crippen LogP contribution in [0, 0.1) is 0 Å². The normalized spacial score (nSPS) is 10.5. The van der Waals surface area contributed by atoms with Gasteiger partial charge in [-0.05, 0) is 11.6 Å². The van der Waals surface area contributed by atoms with Crippen LogP contribution in [0.3, 0.4) is 0 Å². The number of carbonyl (C=O) groups is 1. The van der Waals surface area contributed by atoms with Gasteiger partial charge in [0.25, 0.3) is 5.91 Å². The number of ether oxygens (including phenoxy) is 1. The lowest BCUT2D eigenvalue weighted by atomic mass is 10.1. The minimum Gasteiger partial charge on any atom is -0.473 e. The smallest absolute Gasteiger partial charge is 0.255 e. The van der Waals surface area contributed by atoms with Crippen LogP contribution in [0.15, 0.2) is 85.2 Å². The molecular formula is C23H20N4O2. The molecule has 1 amide bonds. The van der Waals surface area contributed by atoms with Crippen molar-refractivity contribution in [1.82, 2.24) is 20.5 Å². The molecule has 0 aliphatic rings. The predicted molar refractivity (Wildman–Crippen MR) is 110 cm³/mol.